The molecule has 0 aromatic heterocycles. The van der Waals surface area contributed by atoms with Gasteiger partial charge in [0.25, 0.3) is 0 Å². The lowest BCUT2D eigenvalue weighted by atomic mass is 9.99. The molecule has 1 rings (SSSR count). The standard InChI is InChI=1S/C13H23NO2/c1-10(2)11-7-6-8-14(9-11)12(15)16-13(3,4)5/h7,10H,6,8-9H2,1-5H3. The highest BCUT2D eigenvalue weighted by molar-refractivity contribution is 5.68. The molecule has 0 spiro atoms. The summed E-state index contributed by atoms with van der Waals surface area (Å²) in [5.74, 6) is 0.505. The van der Waals surface area contributed by atoms with E-state index in [4.69, 9.17) is 4.74 Å². The van der Waals surface area contributed by atoms with Gasteiger partial charge < -0.3 is 9.64 Å². The number of nitrogens with zero attached hydrogens (tertiary/aromatic N) is 1. The van der Waals surface area contributed by atoms with Crippen molar-refractivity contribution in [3.05, 3.63) is 11.6 Å². The number of ether oxygens (including phenoxy) is 1. The molecule has 1 heterocycles. The van der Waals surface area contributed by atoms with Crippen LogP contribution in [0.1, 0.15) is 41.0 Å². The van der Waals surface area contributed by atoms with Crippen LogP contribution in [0, 0.1) is 5.92 Å². The third-order valence-electron chi connectivity index (χ3n) is 2.57. The molecule has 0 atom stereocenters. The Morgan fingerprint density at radius 1 is 1.44 bits per heavy atom. The molecule has 0 aromatic rings. The minimum Gasteiger partial charge on any atom is -0.444 e. The maximum Gasteiger partial charge on any atom is 0.410 e. The summed E-state index contributed by atoms with van der Waals surface area (Å²) in [6, 6.07) is 0. The fourth-order valence-electron chi connectivity index (χ4n) is 1.67. The fraction of sp³-hybridized carbons (Fsp3) is 0.769. The topological polar surface area (TPSA) is 29.5 Å². The molecule has 1 aliphatic heterocycles. The Bertz CT molecular complexity index is 287. The maximum absolute atomic E-state index is 11.9. The average molecular weight is 225 g/mol. The second-order valence-electron chi connectivity index (χ2n) is 5.62. The molecule has 0 N–H and O–H groups in total. The molecule has 0 radical (unpaired) electrons. The van der Waals surface area contributed by atoms with Gasteiger partial charge in [0.15, 0.2) is 0 Å². The van der Waals surface area contributed by atoms with E-state index >= 15 is 0 Å². The van der Waals surface area contributed by atoms with Gasteiger partial charge in [0, 0.05) is 13.1 Å². The molecule has 0 aromatic carbocycles. The van der Waals surface area contributed by atoms with Gasteiger partial charge in [0.2, 0.25) is 0 Å². The molecule has 0 bridgehead atoms. The van der Waals surface area contributed by atoms with E-state index < -0.39 is 5.60 Å². The normalized spacial score (nSPS) is 17.4. The Kier molecular flexibility index (Phi) is 4.00. The number of hydrogen-bond acceptors (Lipinski definition) is 2. The molecule has 16 heavy (non-hydrogen) atoms. The van der Waals surface area contributed by atoms with Crippen molar-refractivity contribution >= 4 is 6.09 Å². The van der Waals surface area contributed by atoms with Gasteiger partial charge in [-0.05, 0) is 33.1 Å². The van der Waals surface area contributed by atoms with Gasteiger partial charge in [-0.25, -0.2) is 4.79 Å². The fourth-order valence-corrected chi connectivity index (χ4v) is 1.67. The maximum atomic E-state index is 11.9. The molecule has 0 unspecified atom stereocenters. The first-order valence-electron chi connectivity index (χ1n) is 5.96. The molecule has 0 saturated heterocycles. The first kappa shape index (κ1) is 13.1. The molecule has 0 aliphatic carbocycles. The van der Waals surface area contributed by atoms with E-state index in [9.17, 15) is 4.79 Å². The molecule has 0 fully saturated rings. The molecule has 1 amide bonds. The van der Waals surface area contributed by atoms with Crippen LogP contribution in [-0.2, 0) is 4.74 Å². The third-order valence-corrected chi connectivity index (χ3v) is 2.57. The second-order valence-corrected chi connectivity index (χ2v) is 5.62. The van der Waals surface area contributed by atoms with Crippen LogP contribution in [0.4, 0.5) is 4.79 Å². The van der Waals surface area contributed by atoms with Crippen molar-refractivity contribution < 1.29 is 9.53 Å². The van der Waals surface area contributed by atoms with Crippen LogP contribution in [-0.4, -0.2) is 29.7 Å². The molecule has 0 saturated carbocycles. The quantitative estimate of drug-likeness (QED) is 0.641. The van der Waals surface area contributed by atoms with Gasteiger partial charge in [-0.15, -0.1) is 0 Å². The minimum absolute atomic E-state index is 0.196. The van der Waals surface area contributed by atoms with E-state index in [1.165, 1.54) is 5.57 Å². The van der Waals surface area contributed by atoms with Crippen molar-refractivity contribution in [1.29, 1.82) is 0 Å². The van der Waals surface area contributed by atoms with Crippen molar-refractivity contribution in [2.75, 3.05) is 13.1 Å². The van der Waals surface area contributed by atoms with Crippen molar-refractivity contribution in [1.82, 2.24) is 4.90 Å². The number of rotatable bonds is 1. The van der Waals surface area contributed by atoms with E-state index in [2.05, 4.69) is 19.9 Å². The van der Waals surface area contributed by atoms with Gasteiger partial charge in [-0.3, -0.25) is 0 Å². The summed E-state index contributed by atoms with van der Waals surface area (Å²) in [6.45, 7) is 11.5. The number of hydrogen-bond donors (Lipinski definition) is 0. The van der Waals surface area contributed by atoms with Crippen LogP contribution in [0.5, 0.6) is 0 Å². The van der Waals surface area contributed by atoms with Gasteiger partial charge >= 0.3 is 6.09 Å². The van der Waals surface area contributed by atoms with Crippen molar-refractivity contribution in [2.45, 2.75) is 46.6 Å². The second kappa shape index (κ2) is 4.89. The zero-order chi connectivity index (χ0) is 12.3. The van der Waals surface area contributed by atoms with Crippen LogP contribution < -0.4 is 0 Å². The summed E-state index contributed by atoms with van der Waals surface area (Å²) in [5.41, 5.74) is 0.924. The molecule has 3 heteroatoms. The number of carbonyl (C=O) groups excluding carboxylic acids is 1. The largest absolute Gasteiger partial charge is 0.444 e. The van der Waals surface area contributed by atoms with E-state index in [1.54, 1.807) is 4.90 Å². The molecular weight excluding hydrogens is 202 g/mol. The Hall–Kier alpha value is -0.990. The SMILES string of the molecule is CC(C)C1=CCCN(C(=O)OC(C)(C)C)C1. The minimum atomic E-state index is -0.407. The summed E-state index contributed by atoms with van der Waals surface area (Å²) >= 11 is 0. The van der Waals surface area contributed by atoms with E-state index in [-0.39, 0.29) is 6.09 Å². The van der Waals surface area contributed by atoms with Gasteiger partial charge in [0.1, 0.15) is 5.60 Å². The van der Waals surface area contributed by atoms with Gasteiger partial charge in [-0.1, -0.05) is 25.5 Å². The number of amides is 1. The summed E-state index contributed by atoms with van der Waals surface area (Å²) < 4.78 is 5.37. The summed E-state index contributed by atoms with van der Waals surface area (Å²) in [5, 5.41) is 0. The van der Waals surface area contributed by atoms with Crippen molar-refractivity contribution in [2.24, 2.45) is 5.92 Å². The lowest BCUT2D eigenvalue weighted by Gasteiger charge is -2.31. The van der Waals surface area contributed by atoms with Crippen LogP contribution in [0.3, 0.4) is 0 Å². The van der Waals surface area contributed by atoms with Crippen LogP contribution >= 0.6 is 0 Å². The van der Waals surface area contributed by atoms with E-state index in [0.717, 1.165) is 13.0 Å². The van der Waals surface area contributed by atoms with Gasteiger partial charge in [0.05, 0.1) is 0 Å². The summed E-state index contributed by atoms with van der Waals surface area (Å²) in [4.78, 5) is 13.7. The first-order valence-corrected chi connectivity index (χ1v) is 5.96. The smallest absolute Gasteiger partial charge is 0.410 e. The summed E-state index contributed by atoms with van der Waals surface area (Å²) in [6.07, 6.45) is 2.98. The number of carbonyl (C=O) groups is 1. The predicted molar refractivity (Wildman–Crippen MR) is 65.3 cm³/mol. The van der Waals surface area contributed by atoms with Crippen molar-refractivity contribution in [3.8, 4) is 0 Å². The lowest BCUT2D eigenvalue weighted by Crippen LogP contribution is -2.40. The zero-order valence-electron chi connectivity index (χ0n) is 11.0. The monoisotopic (exact) mass is 225 g/mol. The van der Waals surface area contributed by atoms with Crippen LogP contribution in [0.25, 0.3) is 0 Å². The third kappa shape index (κ3) is 3.87. The highest BCUT2D eigenvalue weighted by Gasteiger charge is 2.24. The first-order chi connectivity index (χ1) is 7.29. The van der Waals surface area contributed by atoms with E-state index in [1.807, 2.05) is 20.8 Å². The Labute approximate surface area is 98.5 Å². The molecule has 92 valence electrons. The van der Waals surface area contributed by atoms with Gasteiger partial charge in [-0.2, -0.15) is 0 Å². The zero-order valence-corrected chi connectivity index (χ0v) is 11.0. The Morgan fingerprint density at radius 3 is 2.56 bits per heavy atom. The lowest BCUT2D eigenvalue weighted by molar-refractivity contribution is 0.0258. The highest BCUT2D eigenvalue weighted by Crippen LogP contribution is 2.19. The molecular formula is C13H23NO2. The van der Waals surface area contributed by atoms with Crippen LogP contribution in [0.2, 0.25) is 0 Å². The Morgan fingerprint density at radius 2 is 2.06 bits per heavy atom. The highest BCUT2D eigenvalue weighted by atomic mass is 16.6. The van der Waals surface area contributed by atoms with Crippen LogP contribution in [0.15, 0.2) is 11.6 Å². The summed E-state index contributed by atoms with van der Waals surface area (Å²) in [7, 11) is 0. The molecule has 1 aliphatic rings. The Balaban J connectivity index is 2.57. The van der Waals surface area contributed by atoms with Crippen molar-refractivity contribution in [3.63, 3.8) is 0 Å². The average Bonchev–Trinajstić information content (AvgIpc) is 2.15. The molecule has 3 nitrogen and oxygen atoms in total. The van der Waals surface area contributed by atoms with E-state index in [0.29, 0.717) is 12.5 Å². The predicted octanol–water partition coefficient (Wildman–Crippen LogP) is 3.21.